The number of anilines is 1. The van der Waals surface area contributed by atoms with E-state index in [0.717, 1.165) is 4.70 Å². The van der Waals surface area contributed by atoms with Gasteiger partial charge >= 0.3 is 0 Å². The van der Waals surface area contributed by atoms with Gasteiger partial charge in [-0.05, 0) is 35.7 Å². The van der Waals surface area contributed by atoms with Crippen LogP contribution in [0.3, 0.4) is 0 Å². The van der Waals surface area contributed by atoms with Crippen LogP contribution in [0, 0.1) is 0 Å². The van der Waals surface area contributed by atoms with E-state index in [1.807, 2.05) is 11.4 Å². The highest BCUT2D eigenvalue weighted by atomic mass is 35.5. The number of nitrogens with one attached hydrogen (secondary N) is 1. The minimum atomic E-state index is -0.331. The van der Waals surface area contributed by atoms with Gasteiger partial charge in [0.25, 0.3) is 5.56 Å². The molecule has 23 heavy (non-hydrogen) atoms. The number of thiophene rings is 1. The molecule has 0 aliphatic carbocycles. The Kier molecular flexibility index (Phi) is 4.36. The molecule has 0 saturated carbocycles. The molecule has 0 unspecified atom stereocenters. The Morgan fingerprint density at radius 1 is 1.35 bits per heavy atom. The van der Waals surface area contributed by atoms with Crippen LogP contribution in [-0.2, 0) is 11.3 Å². The smallest absolute Gasteiger partial charge is 0.259 e. The number of hydrogen-bond acceptors (Lipinski definition) is 4. The lowest BCUT2D eigenvalue weighted by molar-refractivity contribution is -0.116. The maximum absolute atomic E-state index is 12.3. The second-order valence-corrected chi connectivity index (χ2v) is 6.22. The van der Waals surface area contributed by atoms with E-state index < -0.39 is 0 Å². The summed E-state index contributed by atoms with van der Waals surface area (Å²) in [5, 5.41) is 5.67. The first-order valence-electron chi connectivity index (χ1n) is 6.78. The fourth-order valence-corrected chi connectivity index (χ4v) is 3.20. The van der Waals surface area contributed by atoms with E-state index in [4.69, 9.17) is 16.3 Å². The molecule has 3 aromatic rings. The summed E-state index contributed by atoms with van der Waals surface area (Å²) in [4.78, 5) is 24.5. The normalized spacial score (nSPS) is 10.7. The van der Waals surface area contributed by atoms with Crippen molar-refractivity contribution in [1.29, 1.82) is 0 Å². The van der Waals surface area contributed by atoms with Crippen molar-refractivity contribution in [1.82, 2.24) is 4.57 Å². The van der Waals surface area contributed by atoms with Gasteiger partial charge in [-0.1, -0.05) is 11.6 Å². The molecule has 2 heterocycles. The summed E-state index contributed by atoms with van der Waals surface area (Å²) in [6.07, 6.45) is 1.62. The second kappa shape index (κ2) is 6.44. The number of benzene rings is 1. The molecule has 0 fully saturated rings. The van der Waals surface area contributed by atoms with E-state index in [2.05, 4.69) is 5.32 Å². The zero-order chi connectivity index (χ0) is 16.4. The van der Waals surface area contributed by atoms with Gasteiger partial charge in [0.15, 0.2) is 0 Å². The molecule has 1 amide bonds. The third-order valence-corrected chi connectivity index (χ3v) is 4.46. The van der Waals surface area contributed by atoms with E-state index in [1.165, 1.54) is 23.0 Å². The van der Waals surface area contributed by atoms with Gasteiger partial charge in [-0.15, -0.1) is 11.3 Å². The van der Waals surface area contributed by atoms with Crippen molar-refractivity contribution < 1.29 is 9.53 Å². The Balaban J connectivity index is 1.83. The number of aromatic nitrogens is 1. The largest absolute Gasteiger partial charge is 0.495 e. The highest BCUT2D eigenvalue weighted by Gasteiger charge is 2.11. The first-order valence-corrected chi connectivity index (χ1v) is 8.04. The van der Waals surface area contributed by atoms with E-state index in [1.54, 1.807) is 30.5 Å². The Morgan fingerprint density at radius 2 is 2.17 bits per heavy atom. The Bertz CT molecular complexity index is 932. The number of hydrogen-bond donors (Lipinski definition) is 1. The summed E-state index contributed by atoms with van der Waals surface area (Å²) in [6.45, 7) is -0.0830. The molecule has 7 heteroatoms. The molecule has 118 valence electrons. The van der Waals surface area contributed by atoms with Crippen LogP contribution in [0.15, 0.2) is 46.7 Å². The van der Waals surface area contributed by atoms with Crippen LogP contribution >= 0.6 is 22.9 Å². The van der Waals surface area contributed by atoms with Crippen molar-refractivity contribution in [3.8, 4) is 5.75 Å². The van der Waals surface area contributed by atoms with E-state index in [0.29, 0.717) is 21.8 Å². The second-order valence-electron chi connectivity index (χ2n) is 4.84. The van der Waals surface area contributed by atoms with E-state index in [9.17, 15) is 9.59 Å². The highest BCUT2D eigenvalue weighted by molar-refractivity contribution is 7.17. The van der Waals surface area contributed by atoms with Crippen LogP contribution < -0.4 is 15.6 Å². The van der Waals surface area contributed by atoms with E-state index >= 15 is 0 Å². The summed E-state index contributed by atoms with van der Waals surface area (Å²) in [5.41, 5.74) is 0.284. The first-order chi connectivity index (χ1) is 11.1. The molecule has 0 spiro atoms. The van der Waals surface area contributed by atoms with Gasteiger partial charge in [0, 0.05) is 15.9 Å². The minimum absolute atomic E-state index is 0.0830. The number of pyridine rings is 1. The lowest BCUT2D eigenvalue weighted by Gasteiger charge is -2.11. The lowest BCUT2D eigenvalue weighted by Crippen LogP contribution is -2.27. The number of amides is 1. The summed E-state index contributed by atoms with van der Waals surface area (Å²) < 4.78 is 7.46. The number of methoxy groups -OCH3 is 1. The van der Waals surface area contributed by atoms with Gasteiger partial charge < -0.3 is 14.6 Å². The Labute approximate surface area is 141 Å². The Hall–Kier alpha value is -2.31. The zero-order valence-electron chi connectivity index (χ0n) is 12.2. The fourth-order valence-electron chi connectivity index (χ4n) is 2.25. The van der Waals surface area contributed by atoms with Gasteiger partial charge in [-0.25, -0.2) is 0 Å². The van der Waals surface area contributed by atoms with Gasteiger partial charge in [0.2, 0.25) is 5.91 Å². The monoisotopic (exact) mass is 348 g/mol. The molecule has 2 aromatic heterocycles. The van der Waals surface area contributed by atoms with Gasteiger partial charge in [0.05, 0.1) is 18.2 Å². The number of rotatable bonds is 4. The molecule has 1 aromatic carbocycles. The molecule has 5 nitrogen and oxygen atoms in total. The van der Waals surface area contributed by atoms with Crippen molar-refractivity contribution in [2.75, 3.05) is 12.4 Å². The molecule has 3 rings (SSSR count). The highest BCUT2D eigenvalue weighted by Crippen LogP contribution is 2.27. The number of carbonyl (C=O) groups is 1. The number of fused-ring (bicyclic) bond motifs is 1. The molecule has 0 radical (unpaired) electrons. The fraction of sp³-hybridized carbons (Fsp3) is 0.125. The van der Waals surface area contributed by atoms with Gasteiger partial charge in [0.1, 0.15) is 12.3 Å². The topological polar surface area (TPSA) is 60.3 Å². The third kappa shape index (κ3) is 3.23. The predicted octanol–water partition coefficient (Wildman–Crippen LogP) is 3.36. The zero-order valence-corrected chi connectivity index (χ0v) is 13.8. The van der Waals surface area contributed by atoms with Crippen LogP contribution in [0.25, 0.3) is 10.1 Å². The molecule has 0 saturated heterocycles. The van der Waals surface area contributed by atoms with Crippen molar-refractivity contribution in [2.24, 2.45) is 0 Å². The predicted molar refractivity (Wildman–Crippen MR) is 92.7 cm³/mol. The summed E-state index contributed by atoms with van der Waals surface area (Å²) in [7, 11) is 1.51. The maximum atomic E-state index is 12.3. The van der Waals surface area contributed by atoms with Crippen LogP contribution in [-0.4, -0.2) is 17.6 Å². The Morgan fingerprint density at radius 3 is 2.96 bits per heavy atom. The maximum Gasteiger partial charge on any atom is 0.259 e. The van der Waals surface area contributed by atoms with Gasteiger partial charge in [-0.2, -0.15) is 0 Å². The van der Waals surface area contributed by atoms with Gasteiger partial charge in [-0.3, -0.25) is 9.59 Å². The lowest BCUT2D eigenvalue weighted by atomic mass is 10.3. The molecular formula is C16H13ClN2O3S. The molecule has 0 atom stereocenters. The van der Waals surface area contributed by atoms with Crippen LogP contribution in [0.5, 0.6) is 5.75 Å². The quantitative estimate of drug-likeness (QED) is 0.786. The van der Waals surface area contributed by atoms with Crippen LogP contribution in [0.2, 0.25) is 5.02 Å². The number of halogens is 1. The van der Waals surface area contributed by atoms with Crippen LogP contribution in [0.1, 0.15) is 0 Å². The van der Waals surface area contributed by atoms with Crippen molar-refractivity contribution in [3.63, 3.8) is 0 Å². The first kappa shape index (κ1) is 15.6. The molecule has 1 N–H and O–H groups in total. The number of carbonyl (C=O) groups excluding carboxylic acids is 1. The van der Waals surface area contributed by atoms with Crippen LogP contribution in [0.4, 0.5) is 5.69 Å². The summed E-state index contributed by atoms with van der Waals surface area (Å²) in [5.74, 6) is 0.172. The average Bonchev–Trinajstić information content (AvgIpc) is 3.00. The molecule has 0 aliphatic heterocycles. The molecule has 0 aliphatic rings. The number of ether oxygens (including phenoxy) is 1. The minimum Gasteiger partial charge on any atom is -0.495 e. The van der Waals surface area contributed by atoms with Crippen molar-refractivity contribution in [3.05, 3.63) is 57.3 Å². The average molecular weight is 349 g/mol. The molecule has 0 bridgehead atoms. The summed E-state index contributed by atoms with van der Waals surface area (Å²) >= 11 is 7.43. The van der Waals surface area contributed by atoms with E-state index in [-0.39, 0.29) is 18.0 Å². The summed E-state index contributed by atoms with van der Waals surface area (Å²) in [6, 6.07) is 8.53. The standard InChI is InChI=1S/C16H13ClN2O3S/c1-22-13-3-2-10(17)8-12(13)18-15(20)9-19-6-4-14-11(16(19)21)5-7-23-14/h2-8H,9H2,1H3,(H,18,20). The van der Waals surface area contributed by atoms with Crippen molar-refractivity contribution >= 4 is 44.6 Å². The number of nitrogens with zero attached hydrogens (tertiary/aromatic N) is 1. The van der Waals surface area contributed by atoms with Crippen molar-refractivity contribution in [2.45, 2.75) is 6.54 Å². The SMILES string of the molecule is COc1ccc(Cl)cc1NC(=O)Cn1ccc2sccc2c1=O. The third-order valence-electron chi connectivity index (χ3n) is 3.34. The molecular weight excluding hydrogens is 336 g/mol.